The van der Waals surface area contributed by atoms with Gasteiger partial charge in [0.05, 0.1) is 6.61 Å². The zero-order valence-electron chi connectivity index (χ0n) is 17.4. The molecule has 1 atom stereocenters. The van der Waals surface area contributed by atoms with E-state index in [4.69, 9.17) is 9.73 Å². The molecule has 0 aliphatic carbocycles. The monoisotopic (exact) mass is 395 g/mol. The molecule has 2 aromatic carbocycles. The lowest BCUT2D eigenvalue weighted by Gasteiger charge is -2.31. The number of fused-ring (bicyclic) bond motifs is 1. The highest BCUT2D eigenvalue weighted by atomic mass is 19.1. The Balaban J connectivity index is 1.69. The maximum absolute atomic E-state index is 13.6. The molecule has 4 rings (SSSR count). The average Bonchev–Trinajstić information content (AvgIpc) is 2.89. The topological polar surface area (TPSA) is 36.9 Å². The first-order valence-electron chi connectivity index (χ1n) is 10.6. The summed E-state index contributed by atoms with van der Waals surface area (Å²) in [5, 5.41) is 3.46. The predicted molar refractivity (Wildman–Crippen MR) is 115 cm³/mol. The van der Waals surface area contributed by atoms with E-state index in [0.29, 0.717) is 6.61 Å². The van der Waals surface area contributed by atoms with Crippen molar-refractivity contribution >= 4 is 5.84 Å². The van der Waals surface area contributed by atoms with Crippen molar-refractivity contribution in [3.63, 3.8) is 0 Å². The number of hydrogen-bond acceptors (Lipinski definition) is 4. The highest BCUT2D eigenvalue weighted by molar-refractivity contribution is 5.99. The number of nitrogens with one attached hydrogen (secondary N) is 1. The molecule has 2 aromatic rings. The van der Waals surface area contributed by atoms with Gasteiger partial charge in [-0.25, -0.2) is 4.39 Å². The van der Waals surface area contributed by atoms with Gasteiger partial charge in [-0.2, -0.15) is 0 Å². The van der Waals surface area contributed by atoms with Gasteiger partial charge in [-0.3, -0.25) is 4.99 Å². The molecule has 29 heavy (non-hydrogen) atoms. The van der Waals surface area contributed by atoms with Gasteiger partial charge in [0.15, 0.2) is 0 Å². The molecule has 0 saturated carbocycles. The van der Waals surface area contributed by atoms with Crippen LogP contribution in [0, 0.1) is 5.82 Å². The summed E-state index contributed by atoms with van der Waals surface area (Å²) in [7, 11) is 4.17. The number of benzene rings is 2. The van der Waals surface area contributed by atoms with Crippen molar-refractivity contribution in [3.05, 3.63) is 70.5 Å². The standard InChI is InChI=1S/C24H30FN3O/c1-28(2)15-5-12-24(20-7-9-21(25)10-8-20)22-11-6-18(16-19(22)17-29-24)23-26-13-3-4-14-27-23/h6-11,16H,3-5,12-15,17H2,1-2H3,(H,26,27). The lowest BCUT2D eigenvalue weighted by Crippen LogP contribution is -2.29. The Kier molecular flexibility index (Phi) is 5.97. The van der Waals surface area contributed by atoms with Crippen molar-refractivity contribution in [3.8, 4) is 0 Å². The van der Waals surface area contributed by atoms with Crippen LogP contribution in [0.2, 0.25) is 0 Å². The molecule has 0 saturated heterocycles. The molecule has 2 heterocycles. The number of amidine groups is 1. The third kappa shape index (κ3) is 4.21. The molecule has 0 radical (unpaired) electrons. The predicted octanol–water partition coefficient (Wildman–Crippen LogP) is 4.07. The van der Waals surface area contributed by atoms with Gasteiger partial charge >= 0.3 is 0 Å². The number of rotatable bonds is 6. The Bertz CT molecular complexity index is 878. The Morgan fingerprint density at radius 3 is 2.76 bits per heavy atom. The van der Waals surface area contributed by atoms with Crippen molar-refractivity contribution < 1.29 is 9.13 Å². The van der Waals surface area contributed by atoms with Crippen molar-refractivity contribution in [1.29, 1.82) is 0 Å². The van der Waals surface area contributed by atoms with Crippen LogP contribution < -0.4 is 5.32 Å². The zero-order chi connectivity index (χ0) is 20.3. The maximum atomic E-state index is 13.6. The molecular formula is C24H30FN3O. The fourth-order valence-corrected chi connectivity index (χ4v) is 4.37. The molecule has 0 spiro atoms. The lowest BCUT2D eigenvalue weighted by atomic mass is 9.81. The Labute approximate surface area is 172 Å². The number of nitrogens with zero attached hydrogens (tertiary/aromatic N) is 2. The van der Waals surface area contributed by atoms with Crippen LogP contribution in [-0.2, 0) is 16.9 Å². The molecule has 154 valence electrons. The molecule has 4 nitrogen and oxygen atoms in total. The molecule has 0 amide bonds. The van der Waals surface area contributed by atoms with Gasteiger partial charge in [0.1, 0.15) is 17.3 Å². The summed E-state index contributed by atoms with van der Waals surface area (Å²) in [4.78, 5) is 6.90. The third-order valence-corrected chi connectivity index (χ3v) is 5.88. The van der Waals surface area contributed by atoms with E-state index in [9.17, 15) is 4.39 Å². The van der Waals surface area contributed by atoms with E-state index in [1.807, 2.05) is 12.1 Å². The minimum absolute atomic E-state index is 0.219. The molecule has 0 fully saturated rings. The number of halogens is 1. The Morgan fingerprint density at radius 2 is 1.97 bits per heavy atom. The van der Waals surface area contributed by atoms with Crippen molar-refractivity contribution in [2.45, 2.75) is 37.9 Å². The van der Waals surface area contributed by atoms with Crippen LogP contribution in [0.25, 0.3) is 0 Å². The molecule has 2 aliphatic heterocycles. The quantitative estimate of drug-likeness (QED) is 0.801. The van der Waals surface area contributed by atoms with Crippen LogP contribution in [-0.4, -0.2) is 44.5 Å². The Hall–Kier alpha value is -2.24. The van der Waals surface area contributed by atoms with E-state index in [0.717, 1.165) is 62.3 Å². The van der Waals surface area contributed by atoms with Crippen LogP contribution in [0.3, 0.4) is 0 Å². The van der Waals surface area contributed by atoms with Crippen LogP contribution in [0.5, 0.6) is 0 Å². The minimum Gasteiger partial charge on any atom is -0.370 e. The van der Waals surface area contributed by atoms with E-state index in [-0.39, 0.29) is 5.82 Å². The van der Waals surface area contributed by atoms with Crippen LogP contribution in [0.15, 0.2) is 47.5 Å². The van der Waals surface area contributed by atoms with Crippen molar-refractivity contribution in [1.82, 2.24) is 10.2 Å². The molecule has 0 aromatic heterocycles. The largest absolute Gasteiger partial charge is 0.370 e. The number of hydrogen-bond donors (Lipinski definition) is 1. The van der Waals surface area contributed by atoms with E-state index in [1.165, 1.54) is 23.3 Å². The smallest absolute Gasteiger partial charge is 0.128 e. The van der Waals surface area contributed by atoms with Gasteiger partial charge in [-0.15, -0.1) is 0 Å². The summed E-state index contributed by atoms with van der Waals surface area (Å²) in [6.07, 6.45) is 4.15. The second-order valence-corrected chi connectivity index (χ2v) is 8.27. The van der Waals surface area contributed by atoms with Crippen LogP contribution in [0.1, 0.15) is 47.9 Å². The highest BCUT2D eigenvalue weighted by Gasteiger charge is 2.41. The lowest BCUT2D eigenvalue weighted by molar-refractivity contribution is -0.0140. The zero-order valence-corrected chi connectivity index (χ0v) is 17.4. The first kappa shape index (κ1) is 20.0. The highest BCUT2D eigenvalue weighted by Crippen LogP contribution is 2.45. The van der Waals surface area contributed by atoms with Crippen molar-refractivity contribution in [2.75, 3.05) is 33.7 Å². The Morgan fingerprint density at radius 1 is 1.14 bits per heavy atom. The second-order valence-electron chi connectivity index (χ2n) is 8.27. The fourth-order valence-electron chi connectivity index (χ4n) is 4.37. The molecule has 2 aliphatic rings. The number of ether oxygens (including phenoxy) is 1. The van der Waals surface area contributed by atoms with Gasteiger partial charge < -0.3 is 15.0 Å². The van der Waals surface area contributed by atoms with Gasteiger partial charge in [-0.1, -0.05) is 24.3 Å². The molecule has 1 unspecified atom stereocenters. The molecule has 1 N–H and O–H groups in total. The first-order valence-corrected chi connectivity index (χ1v) is 10.6. The van der Waals surface area contributed by atoms with Crippen LogP contribution >= 0.6 is 0 Å². The van der Waals surface area contributed by atoms with Crippen molar-refractivity contribution in [2.24, 2.45) is 4.99 Å². The average molecular weight is 396 g/mol. The van der Waals surface area contributed by atoms with Gasteiger partial charge in [-0.05, 0) is 81.2 Å². The third-order valence-electron chi connectivity index (χ3n) is 5.88. The second kappa shape index (κ2) is 8.64. The minimum atomic E-state index is -0.518. The van der Waals surface area contributed by atoms with Gasteiger partial charge in [0.2, 0.25) is 0 Å². The first-order chi connectivity index (χ1) is 14.1. The molecule has 5 heteroatoms. The summed E-state index contributed by atoms with van der Waals surface area (Å²) in [5.74, 6) is 0.764. The summed E-state index contributed by atoms with van der Waals surface area (Å²) in [6.45, 7) is 3.40. The fraction of sp³-hybridized carbons (Fsp3) is 0.458. The summed E-state index contributed by atoms with van der Waals surface area (Å²) >= 11 is 0. The van der Waals surface area contributed by atoms with Crippen LogP contribution in [0.4, 0.5) is 4.39 Å². The van der Waals surface area contributed by atoms with E-state index in [1.54, 1.807) is 0 Å². The summed E-state index contributed by atoms with van der Waals surface area (Å²) < 4.78 is 20.1. The SMILES string of the molecule is CN(C)CCCC1(c2ccc(F)cc2)OCc2cc(C3=NCCCCN3)ccc21. The molecule has 0 bridgehead atoms. The molecular weight excluding hydrogens is 365 g/mol. The normalized spacial score (nSPS) is 21.4. The van der Waals surface area contributed by atoms with Gasteiger partial charge in [0.25, 0.3) is 0 Å². The van der Waals surface area contributed by atoms with Gasteiger partial charge in [0, 0.05) is 18.7 Å². The summed E-state index contributed by atoms with van der Waals surface area (Å²) in [5.41, 5.74) is 4.02. The maximum Gasteiger partial charge on any atom is 0.128 e. The summed E-state index contributed by atoms with van der Waals surface area (Å²) in [6, 6.07) is 13.3. The van der Waals surface area contributed by atoms with E-state index in [2.05, 4.69) is 42.5 Å². The van der Waals surface area contributed by atoms with E-state index >= 15 is 0 Å². The number of aliphatic imine (C=N–C) groups is 1. The van der Waals surface area contributed by atoms with E-state index < -0.39 is 5.60 Å².